The van der Waals surface area contributed by atoms with Crippen LogP contribution in [0.4, 0.5) is 29.7 Å². The maximum absolute atomic E-state index is 16.7. The van der Waals surface area contributed by atoms with E-state index in [1.54, 1.807) is 14.7 Å². The molecule has 6 aromatic rings. The first-order valence-electron chi connectivity index (χ1n) is 24.7. The van der Waals surface area contributed by atoms with E-state index in [0.717, 1.165) is 46.1 Å². The Kier molecular flexibility index (Phi) is 12.8. The van der Waals surface area contributed by atoms with Crippen molar-refractivity contribution in [3.05, 3.63) is 118 Å². The fourth-order valence-corrected chi connectivity index (χ4v) is 11.5. The molecule has 10 rings (SSSR count). The number of hydrogen-bond donors (Lipinski definition) is 5. The van der Waals surface area contributed by atoms with E-state index in [1.165, 1.54) is 19.2 Å². The number of rotatable bonds is 12. The van der Waals surface area contributed by atoms with Crippen LogP contribution in [0.3, 0.4) is 0 Å². The van der Waals surface area contributed by atoms with Crippen LogP contribution in [-0.2, 0) is 27.4 Å². The van der Waals surface area contributed by atoms with E-state index in [4.69, 9.17) is 14.7 Å². The van der Waals surface area contributed by atoms with Crippen LogP contribution in [0, 0.1) is 23.5 Å². The summed E-state index contributed by atoms with van der Waals surface area (Å²) in [6.45, 7) is 9.17. The number of aromatic nitrogens is 4. The number of aromatic amines is 2. The second-order valence-corrected chi connectivity index (χ2v) is 20.1. The minimum Gasteiger partial charge on any atom is -0.465 e. The summed E-state index contributed by atoms with van der Waals surface area (Å²) in [6.07, 6.45) is 2.25. The summed E-state index contributed by atoms with van der Waals surface area (Å²) in [7, 11) is 1.27. The van der Waals surface area contributed by atoms with Gasteiger partial charge in [0.1, 0.15) is 29.4 Å². The lowest BCUT2D eigenvalue weighted by Crippen LogP contribution is -2.51. The van der Waals surface area contributed by atoms with E-state index in [-0.39, 0.29) is 53.5 Å². The number of likely N-dealkylation sites (tertiary alicyclic amines) is 2. The predicted octanol–water partition coefficient (Wildman–Crippen LogP) is 9.32. The number of nitrogens with one attached hydrogen (secondary N) is 4. The Hall–Kier alpha value is -7.24. The summed E-state index contributed by atoms with van der Waals surface area (Å²) in [5.41, 5.74) is 7.13. The molecule has 0 bridgehead atoms. The molecule has 5 N–H and O–H groups in total. The van der Waals surface area contributed by atoms with Crippen molar-refractivity contribution in [2.45, 2.75) is 116 Å². The number of benzene rings is 4. The molecule has 2 aromatic heterocycles. The van der Waals surface area contributed by atoms with Crippen LogP contribution in [0.1, 0.15) is 124 Å². The van der Waals surface area contributed by atoms with Crippen LogP contribution in [-0.4, -0.2) is 91.1 Å². The van der Waals surface area contributed by atoms with E-state index >= 15 is 8.78 Å². The summed E-state index contributed by atoms with van der Waals surface area (Å²) in [4.78, 5) is 75.9. The van der Waals surface area contributed by atoms with Crippen molar-refractivity contribution in [3.8, 4) is 0 Å². The van der Waals surface area contributed by atoms with Gasteiger partial charge in [0.15, 0.2) is 11.6 Å². The molecule has 4 aromatic carbocycles. The quantitative estimate of drug-likeness (QED) is 0.0790. The standard InChI is InChI=1S/C53H60F2N10O6/c1-28(2)45(60-52(68)69)50(66)63-20-8-12-43(63)48-56-37-16-14-30(22-39(37)58-48)41-18-19-42(65(41)34-24-35(54)47(36(55)25-34)62-26-32-10-6-7-11-33(32)27-62)31-15-17-38-40(23-31)59-49(57-38)44-13-9-21-64(44)51(67)46(29(3)4)61-53(70)71-5/h6-7,10-11,14-17,22-25,28-29,41-46,60H,8-9,12-13,18-21,26-27H2,1-5H3,(H,56,58)(H,57,59)(H,61,70)(H,68,69)/t41-,42?,43+,44+,45+,46+/m1/s1. The number of halogens is 2. The Morgan fingerprint density at radius 1 is 0.676 bits per heavy atom. The Morgan fingerprint density at radius 3 is 1.61 bits per heavy atom. The molecule has 4 aliphatic rings. The highest BCUT2D eigenvalue weighted by Gasteiger charge is 2.41. The highest BCUT2D eigenvalue weighted by molar-refractivity contribution is 5.87. The SMILES string of the molecule is COC(=O)N[C@H](C(=O)N1CCC[C@H]1c1nc2cc(C3CC[C@H](c4ccc5[nH]c([C@@H]6CCCN6C(=O)[C@@H](NC(=O)O)C(C)C)nc5c4)N3c3cc(F)c(N4Cc5ccccc5C4)c(F)c3)ccc2[nH]1)C(C)C. The van der Waals surface area contributed by atoms with Gasteiger partial charge in [0.05, 0.1) is 53.3 Å². The number of carboxylic acid groups (broad SMARTS) is 1. The summed E-state index contributed by atoms with van der Waals surface area (Å²) >= 11 is 0. The van der Waals surface area contributed by atoms with E-state index in [0.29, 0.717) is 80.2 Å². The Morgan fingerprint density at radius 2 is 1.15 bits per heavy atom. The van der Waals surface area contributed by atoms with Gasteiger partial charge in [-0.15, -0.1) is 0 Å². The number of alkyl carbamates (subject to hydrolysis) is 1. The Bertz CT molecular complexity index is 2980. The molecule has 18 heteroatoms. The van der Waals surface area contributed by atoms with Crippen LogP contribution in [0.2, 0.25) is 0 Å². The molecule has 4 aliphatic heterocycles. The summed E-state index contributed by atoms with van der Waals surface area (Å²) in [6, 6.07) is 19.7. The zero-order valence-corrected chi connectivity index (χ0v) is 40.5. The van der Waals surface area contributed by atoms with E-state index in [9.17, 15) is 24.3 Å². The van der Waals surface area contributed by atoms with Crippen molar-refractivity contribution < 1.29 is 37.8 Å². The molecule has 0 radical (unpaired) electrons. The van der Waals surface area contributed by atoms with Gasteiger partial charge in [-0.2, -0.15) is 0 Å². The number of H-pyrrole nitrogens is 2. The summed E-state index contributed by atoms with van der Waals surface area (Å²) < 4.78 is 38.2. The van der Waals surface area contributed by atoms with Crippen molar-refractivity contribution in [1.29, 1.82) is 0 Å². The molecule has 0 spiro atoms. The zero-order valence-electron chi connectivity index (χ0n) is 40.5. The highest BCUT2D eigenvalue weighted by Crippen LogP contribution is 2.49. The van der Waals surface area contributed by atoms with Gasteiger partial charge < -0.3 is 50.0 Å². The molecule has 0 saturated carbocycles. The lowest BCUT2D eigenvalue weighted by Gasteiger charge is -2.34. The second-order valence-electron chi connectivity index (χ2n) is 20.1. The van der Waals surface area contributed by atoms with Gasteiger partial charge in [0, 0.05) is 31.9 Å². The van der Waals surface area contributed by atoms with Gasteiger partial charge in [0.2, 0.25) is 11.8 Å². The minimum absolute atomic E-state index is 0.0636. The number of carbonyl (C=O) groups excluding carboxylic acids is 3. The molecule has 71 heavy (non-hydrogen) atoms. The van der Waals surface area contributed by atoms with Crippen LogP contribution in [0.5, 0.6) is 0 Å². The zero-order chi connectivity index (χ0) is 49.8. The lowest BCUT2D eigenvalue weighted by atomic mass is 10.0. The van der Waals surface area contributed by atoms with Gasteiger partial charge in [-0.1, -0.05) is 64.1 Å². The summed E-state index contributed by atoms with van der Waals surface area (Å²) in [5.74, 6) is -0.974. The second kappa shape index (κ2) is 19.2. The molecule has 6 atom stereocenters. The number of carbonyl (C=O) groups is 4. The van der Waals surface area contributed by atoms with Crippen molar-refractivity contribution in [1.82, 2.24) is 40.4 Å². The molecular weight excluding hydrogens is 911 g/mol. The van der Waals surface area contributed by atoms with Gasteiger partial charge >= 0.3 is 12.2 Å². The summed E-state index contributed by atoms with van der Waals surface area (Å²) in [5, 5.41) is 14.6. The normalized spacial score (nSPS) is 20.9. The number of methoxy groups -OCH3 is 1. The smallest absolute Gasteiger partial charge is 0.407 e. The molecule has 4 amide bonds. The third-order valence-electron chi connectivity index (χ3n) is 15.0. The third-order valence-corrected chi connectivity index (χ3v) is 15.0. The van der Waals surface area contributed by atoms with Crippen molar-refractivity contribution in [2.75, 3.05) is 30.0 Å². The molecule has 6 heterocycles. The lowest BCUT2D eigenvalue weighted by molar-refractivity contribution is -0.136. The molecule has 3 saturated heterocycles. The molecule has 1 unspecified atom stereocenters. The number of amides is 4. The number of anilines is 2. The first-order chi connectivity index (χ1) is 34.2. The Labute approximate surface area is 410 Å². The van der Waals surface area contributed by atoms with Gasteiger partial charge in [-0.05, 0) is 109 Å². The number of hydrogen-bond acceptors (Lipinski definition) is 9. The fourth-order valence-electron chi connectivity index (χ4n) is 11.5. The maximum atomic E-state index is 16.7. The van der Waals surface area contributed by atoms with Crippen LogP contribution < -0.4 is 20.4 Å². The first kappa shape index (κ1) is 47.4. The number of imidazole rings is 2. The van der Waals surface area contributed by atoms with Gasteiger partial charge in [-0.3, -0.25) is 9.59 Å². The van der Waals surface area contributed by atoms with Crippen LogP contribution in [0.15, 0.2) is 72.8 Å². The van der Waals surface area contributed by atoms with Gasteiger partial charge in [0.25, 0.3) is 0 Å². The Balaban J connectivity index is 0.979. The number of ether oxygens (including phenoxy) is 1. The third kappa shape index (κ3) is 8.97. The average Bonchev–Trinajstić information content (AvgIpc) is 4.21. The van der Waals surface area contributed by atoms with E-state index in [2.05, 4.69) is 25.5 Å². The molecule has 372 valence electrons. The topological polar surface area (TPSA) is 192 Å². The predicted molar refractivity (Wildman–Crippen MR) is 263 cm³/mol. The molecule has 16 nitrogen and oxygen atoms in total. The van der Waals surface area contributed by atoms with E-state index in [1.807, 2.05) is 88.4 Å². The molecular formula is C53H60F2N10O6. The van der Waals surface area contributed by atoms with Gasteiger partial charge in [-0.25, -0.2) is 28.3 Å². The largest absolute Gasteiger partial charge is 0.465 e. The van der Waals surface area contributed by atoms with E-state index < -0.39 is 35.9 Å². The maximum Gasteiger partial charge on any atom is 0.407 e. The highest BCUT2D eigenvalue weighted by atomic mass is 19.1. The van der Waals surface area contributed by atoms with Crippen LogP contribution >= 0.6 is 0 Å². The monoisotopic (exact) mass is 970 g/mol. The van der Waals surface area contributed by atoms with Crippen molar-refractivity contribution in [3.63, 3.8) is 0 Å². The first-order valence-corrected chi connectivity index (χ1v) is 24.7. The van der Waals surface area contributed by atoms with Crippen molar-refractivity contribution >= 4 is 57.4 Å². The molecule has 0 aliphatic carbocycles. The fraction of sp³-hybridized carbons (Fsp3) is 0.434. The van der Waals surface area contributed by atoms with Crippen molar-refractivity contribution in [2.24, 2.45) is 11.8 Å². The molecule has 3 fully saturated rings. The minimum atomic E-state index is -1.25. The van der Waals surface area contributed by atoms with Crippen LogP contribution in [0.25, 0.3) is 22.1 Å². The number of nitrogens with zero attached hydrogens (tertiary/aromatic N) is 6. The average molecular weight is 971 g/mol. The number of fused-ring (bicyclic) bond motifs is 3.